The molecule has 1 aliphatic rings. The molecule has 15 heteroatoms. The van der Waals surface area contributed by atoms with Crippen molar-refractivity contribution in [2.24, 2.45) is 5.41 Å². The van der Waals surface area contributed by atoms with Crippen LogP contribution < -0.4 is 9.62 Å². The standard InChI is InChI=1S/C26H29F7N2O5S/c1-23(2,3)21(14-36)34-22(37)13-18-8-4-15-12-16(24(38,25(28,29)30)26(31,32)33)5-11-20(15)35(18)41(39,40)19-9-6-17(27)7-10-19/h5-7,9-12,18,21,36,38H,4,8,13-14H2,1-3H3,(H,34,37). The number of anilines is 1. The number of carbonyl (C=O) groups is 1. The van der Waals surface area contributed by atoms with E-state index in [0.29, 0.717) is 22.5 Å². The van der Waals surface area contributed by atoms with Crippen LogP contribution in [0, 0.1) is 11.2 Å². The van der Waals surface area contributed by atoms with Crippen LogP contribution in [0.1, 0.15) is 44.7 Å². The summed E-state index contributed by atoms with van der Waals surface area (Å²) in [5.41, 5.74) is -7.91. The maximum atomic E-state index is 13.7. The Labute approximate surface area is 232 Å². The van der Waals surface area contributed by atoms with Gasteiger partial charge in [-0.1, -0.05) is 32.9 Å². The van der Waals surface area contributed by atoms with Crippen LogP contribution in [0.15, 0.2) is 47.4 Å². The van der Waals surface area contributed by atoms with Crippen LogP contribution in [-0.2, 0) is 26.8 Å². The number of rotatable bonds is 7. The molecule has 0 radical (unpaired) electrons. The van der Waals surface area contributed by atoms with E-state index >= 15 is 0 Å². The van der Waals surface area contributed by atoms with Crippen LogP contribution in [0.2, 0.25) is 0 Å². The molecule has 41 heavy (non-hydrogen) atoms. The van der Waals surface area contributed by atoms with Crippen molar-refractivity contribution in [3.63, 3.8) is 0 Å². The van der Waals surface area contributed by atoms with Gasteiger partial charge in [-0.05, 0) is 54.2 Å². The summed E-state index contributed by atoms with van der Waals surface area (Å²) in [4.78, 5) is 12.5. The van der Waals surface area contributed by atoms with Crippen LogP contribution in [0.25, 0.3) is 0 Å². The normalized spacial score (nSPS) is 17.7. The van der Waals surface area contributed by atoms with Crippen molar-refractivity contribution in [2.75, 3.05) is 10.9 Å². The number of halogens is 7. The lowest BCUT2D eigenvalue weighted by Crippen LogP contribution is -2.54. The first-order valence-corrected chi connectivity index (χ1v) is 13.8. The van der Waals surface area contributed by atoms with Gasteiger partial charge in [-0.3, -0.25) is 9.10 Å². The molecule has 1 amide bonds. The number of fused-ring (bicyclic) bond motifs is 1. The lowest BCUT2D eigenvalue weighted by molar-refractivity contribution is -0.376. The monoisotopic (exact) mass is 614 g/mol. The summed E-state index contributed by atoms with van der Waals surface area (Å²) in [5.74, 6) is -1.42. The van der Waals surface area contributed by atoms with Crippen LogP contribution in [0.5, 0.6) is 0 Å². The average molecular weight is 615 g/mol. The van der Waals surface area contributed by atoms with E-state index < -0.39 is 80.7 Å². The van der Waals surface area contributed by atoms with Gasteiger partial charge in [0.05, 0.1) is 29.3 Å². The Kier molecular flexibility index (Phi) is 8.79. The molecule has 0 bridgehead atoms. The molecule has 7 nitrogen and oxygen atoms in total. The van der Waals surface area contributed by atoms with Crippen molar-refractivity contribution in [2.45, 2.75) is 75.0 Å². The molecule has 2 atom stereocenters. The number of nitrogens with one attached hydrogen (secondary N) is 1. The van der Waals surface area contributed by atoms with Crippen LogP contribution in [0.3, 0.4) is 0 Å². The minimum absolute atomic E-state index is 0.194. The highest BCUT2D eigenvalue weighted by Crippen LogP contribution is 2.51. The van der Waals surface area contributed by atoms with Crippen molar-refractivity contribution in [3.05, 3.63) is 59.4 Å². The van der Waals surface area contributed by atoms with Gasteiger partial charge in [0.15, 0.2) is 0 Å². The van der Waals surface area contributed by atoms with Gasteiger partial charge in [-0.25, -0.2) is 12.8 Å². The van der Waals surface area contributed by atoms with E-state index in [1.807, 2.05) is 0 Å². The highest BCUT2D eigenvalue weighted by atomic mass is 32.2. The molecule has 0 aliphatic carbocycles. The largest absolute Gasteiger partial charge is 0.430 e. The van der Waals surface area contributed by atoms with Gasteiger partial charge in [0.25, 0.3) is 15.6 Å². The first kappa shape index (κ1) is 32.6. The molecule has 0 aromatic heterocycles. The third kappa shape index (κ3) is 6.31. The van der Waals surface area contributed by atoms with Gasteiger partial charge in [0.2, 0.25) is 5.91 Å². The Morgan fingerprint density at radius 3 is 2.07 bits per heavy atom. The molecule has 3 N–H and O–H groups in total. The Morgan fingerprint density at radius 2 is 1.59 bits per heavy atom. The molecule has 2 aromatic rings. The Bertz CT molecular complexity index is 1360. The number of benzene rings is 2. The summed E-state index contributed by atoms with van der Waals surface area (Å²) in [6, 6.07) is 3.19. The first-order valence-electron chi connectivity index (χ1n) is 12.3. The molecular weight excluding hydrogens is 585 g/mol. The van der Waals surface area contributed by atoms with Gasteiger partial charge in [-0.15, -0.1) is 0 Å². The zero-order valence-electron chi connectivity index (χ0n) is 22.1. The number of hydrogen-bond donors (Lipinski definition) is 3. The number of aliphatic hydroxyl groups is 2. The summed E-state index contributed by atoms with van der Waals surface area (Å²) < 4.78 is 123. The molecule has 0 saturated carbocycles. The van der Waals surface area contributed by atoms with Crippen LogP contribution in [-0.4, -0.2) is 55.6 Å². The number of sulfonamides is 1. The first-order chi connectivity index (χ1) is 18.6. The molecule has 0 saturated heterocycles. The summed E-state index contributed by atoms with van der Waals surface area (Å²) >= 11 is 0. The second-order valence-electron chi connectivity index (χ2n) is 10.9. The Morgan fingerprint density at radius 1 is 1.02 bits per heavy atom. The molecule has 0 spiro atoms. The predicted molar refractivity (Wildman–Crippen MR) is 134 cm³/mol. The number of aryl methyl sites for hydroxylation is 1. The van der Waals surface area contributed by atoms with Gasteiger partial charge < -0.3 is 15.5 Å². The number of alkyl halides is 6. The van der Waals surface area contributed by atoms with E-state index in [-0.39, 0.29) is 24.1 Å². The molecule has 0 fully saturated rings. The fourth-order valence-corrected chi connectivity index (χ4v) is 6.30. The number of hydrogen-bond acceptors (Lipinski definition) is 5. The molecule has 1 aliphatic heterocycles. The number of amides is 1. The van der Waals surface area contributed by atoms with Gasteiger partial charge in [0.1, 0.15) is 5.82 Å². The Balaban J connectivity index is 2.13. The zero-order valence-corrected chi connectivity index (χ0v) is 23.0. The zero-order chi connectivity index (χ0) is 31.2. The predicted octanol–water partition coefficient (Wildman–Crippen LogP) is 4.56. The van der Waals surface area contributed by atoms with Crippen molar-refractivity contribution in [1.82, 2.24) is 5.32 Å². The summed E-state index contributed by atoms with van der Waals surface area (Å²) in [6.45, 7) is 4.81. The fourth-order valence-electron chi connectivity index (χ4n) is 4.58. The highest BCUT2D eigenvalue weighted by Gasteiger charge is 2.71. The van der Waals surface area contributed by atoms with E-state index in [0.717, 1.165) is 24.3 Å². The SMILES string of the molecule is CC(C)(C)C(CO)NC(=O)CC1CCc2cc(C(O)(C(F)(F)F)C(F)(F)F)ccc2N1S(=O)(=O)c1ccc(F)cc1. The van der Waals surface area contributed by atoms with Crippen molar-refractivity contribution in [3.8, 4) is 0 Å². The molecule has 1 heterocycles. The van der Waals surface area contributed by atoms with E-state index in [9.17, 15) is 54.2 Å². The Hall–Kier alpha value is -2.91. The smallest absolute Gasteiger partial charge is 0.394 e. The van der Waals surface area contributed by atoms with Crippen LogP contribution >= 0.6 is 0 Å². The minimum atomic E-state index is -6.15. The summed E-state index contributed by atoms with van der Waals surface area (Å²) in [5, 5.41) is 22.1. The second kappa shape index (κ2) is 11.1. The highest BCUT2D eigenvalue weighted by molar-refractivity contribution is 7.92. The third-order valence-corrected chi connectivity index (χ3v) is 8.87. The molecular formula is C26H29F7N2O5S. The van der Waals surface area contributed by atoms with Crippen molar-refractivity contribution >= 4 is 21.6 Å². The molecule has 3 rings (SSSR count). The molecule has 228 valence electrons. The minimum Gasteiger partial charge on any atom is -0.394 e. The van der Waals surface area contributed by atoms with Gasteiger partial charge in [-0.2, -0.15) is 26.3 Å². The maximum absolute atomic E-state index is 13.7. The van der Waals surface area contributed by atoms with Gasteiger partial charge >= 0.3 is 12.4 Å². The lowest BCUT2D eigenvalue weighted by Gasteiger charge is -2.39. The van der Waals surface area contributed by atoms with Crippen LogP contribution in [0.4, 0.5) is 36.4 Å². The number of carbonyl (C=O) groups excluding carboxylic acids is 1. The van der Waals surface area contributed by atoms with E-state index in [1.54, 1.807) is 20.8 Å². The van der Waals surface area contributed by atoms with E-state index in [4.69, 9.17) is 0 Å². The molecule has 2 unspecified atom stereocenters. The molecule has 2 aromatic carbocycles. The summed E-state index contributed by atoms with van der Waals surface area (Å²) in [6.07, 6.45) is -13.2. The lowest BCUT2D eigenvalue weighted by atomic mass is 9.86. The van der Waals surface area contributed by atoms with Crippen molar-refractivity contribution < 1.29 is 54.2 Å². The van der Waals surface area contributed by atoms with E-state index in [2.05, 4.69) is 5.32 Å². The number of nitrogens with zero attached hydrogens (tertiary/aromatic N) is 1. The second-order valence-corrected chi connectivity index (χ2v) is 12.7. The number of aliphatic hydroxyl groups excluding tert-OH is 1. The fraction of sp³-hybridized carbons (Fsp3) is 0.500. The average Bonchev–Trinajstić information content (AvgIpc) is 2.84. The quantitative estimate of drug-likeness (QED) is 0.397. The third-order valence-electron chi connectivity index (χ3n) is 6.99. The van der Waals surface area contributed by atoms with Gasteiger partial charge in [0, 0.05) is 12.0 Å². The topological polar surface area (TPSA) is 107 Å². The van der Waals surface area contributed by atoms with E-state index in [1.165, 1.54) is 0 Å². The summed E-state index contributed by atoms with van der Waals surface area (Å²) in [7, 11) is -4.62. The maximum Gasteiger partial charge on any atom is 0.430 e. The van der Waals surface area contributed by atoms with Crippen molar-refractivity contribution in [1.29, 1.82) is 0 Å².